The Labute approximate surface area is 102 Å². The van der Waals surface area contributed by atoms with Crippen molar-refractivity contribution >= 4 is 17.6 Å². The van der Waals surface area contributed by atoms with Crippen molar-refractivity contribution in [3.8, 4) is 5.75 Å². The first-order chi connectivity index (χ1) is 8.02. The molecule has 0 radical (unpaired) electrons. The summed E-state index contributed by atoms with van der Waals surface area (Å²) in [5, 5.41) is 0.395. The average Bonchev–Trinajstić information content (AvgIpc) is 2.28. The molecule has 1 aromatic carbocycles. The molecule has 0 spiro atoms. The third-order valence-electron chi connectivity index (χ3n) is 2.06. The van der Waals surface area contributed by atoms with Crippen LogP contribution in [0.5, 0.6) is 5.75 Å². The molecule has 0 aromatic heterocycles. The van der Waals surface area contributed by atoms with Gasteiger partial charge >= 0.3 is 12.6 Å². The minimum atomic E-state index is -2.91. The number of alkyl halides is 2. The fraction of sp³-hybridized carbons (Fsp3) is 0.364. The van der Waals surface area contributed by atoms with Gasteiger partial charge in [-0.15, -0.1) is 0 Å². The largest absolute Gasteiger partial charge is 0.469 e. The highest BCUT2D eigenvalue weighted by molar-refractivity contribution is 6.30. The van der Waals surface area contributed by atoms with Crippen LogP contribution in [0, 0.1) is 0 Å². The number of carbonyl (C=O) groups excluding carboxylic acids is 1. The lowest BCUT2D eigenvalue weighted by atomic mass is 10.1. The Bertz CT molecular complexity index is 396. The lowest BCUT2D eigenvalue weighted by Crippen LogP contribution is -2.07. The molecule has 94 valence electrons. The normalized spacial score (nSPS) is 10.4. The van der Waals surface area contributed by atoms with Gasteiger partial charge in [-0.1, -0.05) is 11.6 Å². The summed E-state index contributed by atoms with van der Waals surface area (Å²) in [7, 11) is 1.26. The van der Waals surface area contributed by atoms with Crippen molar-refractivity contribution in [2.24, 2.45) is 0 Å². The van der Waals surface area contributed by atoms with E-state index in [4.69, 9.17) is 11.6 Å². The van der Waals surface area contributed by atoms with Gasteiger partial charge in [0.05, 0.1) is 7.11 Å². The first-order valence-corrected chi connectivity index (χ1v) is 5.20. The predicted molar refractivity (Wildman–Crippen MR) is 58.4 cm³/mol. The molecule has 0 aliphatic heterocycles. The van der Waals surface area contributed by atoms with Gasteiger partial charge in [-0.25, -0.2) is 0 Å². The second-order valence-corrected chi connectivity index (χ2v) is 3.64. The number of methoxy groups -OCH3 is 1. The van der Waals surface area contributed by atoms with Crippen molar-refractivity contribution in [3.05, 3.63) is 28.8 Å². The van der Waals surface area contributed by atoms with E-state index in [0.717, 1.165) is 0 Å². The molecule has 3 nitrogen and oxygen atoms in total. The number of halogens is 3. The molecule has 6 heteroatoms. The third kappa shape index (κ3) is 4.56. The molecule has 17 heavy (non-hydrogen) atoms. The summed E-state index contributed by atoms with van der Waals surface area (Å²) >= 11 is 5.74. The van der Waals surface area contributed by atoms with E-state index in [-0.39, 0.29) is 18.6 Å². The van der Waals surface area contributed by atoms with Crippen molar-refractivity contribution < 1.29 is 23.0 Å². The van der Waals surface area contributed by atoms with Crippen LogP contribution in [-0.2, 0) is 16.0 Å². The molecule has 0 aliphatic carbocycles. The lowest BCUT2D eigenvalue weighted by Gasteiger charge is -2.10. The molecule has 1 aromatic rings. The maximum atomic E-state index is 12.1. The lowest BCUT2D eigenvalue weighted by molar-refractivity contribution is -0.140. The summed E-state index contributed by atoms with van der Waals surface area (Å²) in [5.74, 6) is -0.402. The van der Waals surface area contributed by atoms with Gasteiger partial charge in [0.15, 0.2) is 0 Å². The van der Waals surface area contributed by atoms with E-state index in [1.54, 1.807) is 0 Å². The van der Waals surface area contributed by atoms with Gasteiger partial charge in [0.2, 0.25) is 0 Å². The third-order valence-corrected chi connectivity index (χ3v) is 2.30. The van der Waals surface area contributed by atoms with E-state index in [9.17, 15) is 13.6 Å². The van der Waals surface area contributed by atoms with Crippen molar-refractivity contribution in [2.75, 3.05) is 7.11 Å². The number of carbonyl (C=O) groups is 1. The molecular formula is C11H11ClF2O3. The Kier molecular flexibility index (Phi) is 5.15. The molecular weight excluding hydrogens is 254 g/mol. The summed E-state index contributed by atoms with van der Waals surface area (Å²) in [6.07, 6.45) is 0.311. The van der Waals surface area contributed by atoms with Gasteiger partial charge in [0.1, 0.15) is 5.75 Å². The smallest absolute Gasteiger partial charge is 0.387 e. The van der Waals surface area contributed by atoms with Crippen LogP contribution in [0.15, 0.2) is 18.2 Å². The molecule has 0 heterocycles. The zero-order valence-electron chi connectivity index (χ0n) is 9.08. The van der Waals surface area contributed by atoms with Gasteiger partial charge in [0, 0.05) is 11.4 Å². The zero-order chi connectivity index (χ0) is 12.8. The van der Waals surface area contributed by atoms with Crippen LogP contribution in [0.3, 0.4) is 0 Å². The Balaban J connectivity index is 2.79. The standard InChI is InChI=1S/C11H11ClF2O3/c1-16-10(15)5-2-7-6-8(12)3-4-9(7)17-11(13)14/h3-4,6,11H,2,5H2,1H3. The monoisotopic (exact) mass is 264 g/mol. The molecule has 0 bridgehead atoms. The highest BCUT2D eigenvalue weighted by Gasteiger charge is 2.11. The maximum Gasteiger partial charge on any atom is 0.387 e. The molecule has 0 atom stereocenters. The number of hydrogen-bond acceptors (Lipinski definition) is 3. The van der Waals surface area contributed by atoms with Crippen LogP contribution in [0.2, 0.25) is 5.02 Å². The fourth-order valence-electron chi connectivity index (χ4n) is 1.29. The number of ether oxygens (including phenoxy) is 2. The first-order valence-electron chi connectivity index (χ1n) is 4.83. The van der Waals surface area contributed by atoms with Crippen molar-refractivity contribution in [1.29, 1.82) is 0 Å². The topological polar surface area (TPSA) is 35.5 Å². The summed E-state index contributed by atoms with van der Waals surface area (Å²) in [4.78, 5) is 11.0. The Morgan fingerprint density at radius 3 is 2.76 bits per heavy atom. The summed E-state index contributed by atoms with van der Waals surface area (Å²) in [6, 6.07) is 4.28. The van der Waals surface area contributed by atoms with E-state index >= 15 is 0 Å². The number of esters is 1. The molecule has 0 N–H and O–H groups in total. The summed E-state index contributed by atoms with van der Waals surface area (Å²) in [6.45, 7) is -2.91. The fourth-order valence-corrected chi connectivity index (χ4v) is 1.49. The Hall–Kier alpha value is -1.36. The zero-order valence-corrected chi connectivity index (χ0v) is 9.84. The second kappa shape index (κ2) is 6.39. The van der Waals surface area contributed by atoms with Crippen LogP contribution in [0.4, 0.5) is 8.78 Å². The van der Waals surface area contributed by atoms with Crippen LogP contribution >= 0.6 is 11.6 Å². The van der Waals surface area contributed by atoms with Crippen LogP contribution in [0.25, 0.3) is 0 Å². The maximum absolute atomic E-state index is 12.1. The molecule has 0 saturated carbocycles. The van der Waals surface area contributed by atoms with Crippen LogP contribution in [0.1, 0.15) is 12.0 Å². The van der Waals surface area contributed by atoms with E-state index in [1.165, 1.54) is 25.3 Å². The first kappa shape index (κ1) is 13.7. The van der Waals surface area contributed by atoms with E-state index in [1.807, 2.05) is 0 Å². The van der Waals surface area contributed by atoms with Gasteiger partial charge < -0.3 is 9.47 Å². The van der Waals surface area contributed by atoms with Gasteiger partial charge in [0.25, 0.3) is 0 Å². The van der Waals surface area contributed by atoms with Gasteiger partial charge in [-0.05, 0) is 30.2 Å². The molecule has 0 amide bonds. The minimum Gasteiger partial charge on any atom is -0.469 e. The highest BCUT2D eigenvalue weighted by Crippen LogP contribution is 2.25. The Morgan fingerprint density at radius 2 is 2.18 bits per heavy atom. The number of benzene rings is 1. The molecule has 0 saturated heterocycles. The van der Waals surface area contributed by atoms with Crippen LogP contribution in [-0.4, -0.2) is 19.7 Å². The van der Waals surface area contributed by atoms with Crippen LogP contribution < -0.4 is 4.74 Å². The molecule has 0 aliphatic rings. The summed E-state index contributed by atoms with van der Waals surface area (Å²) in [5.41, 5.74) is 0.447. The number of aryl methyl sites for hydroxylation is 1. The van der Waals surface area contributed by atoms with Crippen molar-refractivity contribution in [1.82, 2.24) is 0 Å². The molecule has 0 unspecified atom stereocenters. The van der Waals surface area contributed by atoms with E-state index < -0.39 is 12.6 Å². The summed E-state index contributed by atoms with van der Waals surface area (Å²) < 4.78 is 33.0. The van der Waals surface area contributed by atoms with Gasteiger partial charge in [-0.3, -0.25) is 4.79 Å². The van der Waals surface area contributed by atoms with Gasteiger partial charge in [-0.2, -0.15) is 8.78 Å². The van der Waals surface area contributed by atoms with Crippen molar-refractivity contribution in [2.45, 2.75) is 19.5 Å². The quantitative estimate of drug-likeness (QED) is 0.767. The minimum absolute atomic E-state index is 0.0216. The highest BCUT2D eigenvalue weighted by atomic mass is 35.5. The number of rotatable bonds is 5. The predicted octanol–water partition coefficient (Wildman–Crippen LogP) is 3.05. The second-order valence-electron chi connectivity index (χ2n) is 3.21. The Morgan fingerprint density at radius 1 is 1.47 bits per heavy atom. The average molecular weight is 265 g/mol. The number of hydrogen-bond donors (Lipinski definition) is 0. The molecule has 1 rings (SSSR count). The van der Waals surface area contributed by atoms with Crippen molar-refractivity contribution in [3.63, 3.8) is 0 Å². The van der Waals surface area contributed by atoms with E-state index in [0.29, 0.717) is 10.6 Å². The molecule has 0 fully saturated rings. The SMILES string of the molecule is COC(=O)CCc1cc(Cl)ccc1OC(F)F. The van der Waals surface area contributed by atoms with E-state index in [2.05, 4.69) is 9.47 Å².